The van der Waals surface area contributed by atoms with Crippen LogP contribution in [-0.2, 0) is 11.2 Å². The number of amides is 1. The number of fused-ring (bicyclic) bond motifs is 1. The number of aromatic amines is 1. The molecule has 3 aromatic rings. The Labute approximate surface area is 180 Å². The molecule has 0 aliphatic carbocycles. The smallest absolute Gasteiger partial charge is 0.395 e. The van der Waals surface area contributed by atoms with Crippen molar-refractivity contribution in [2.45, 2.75) is 19.6 Å². The first-order valence-corrected chi connectivity index (χ1v) is 9.69. The van der Waals surface area contributed by atoms with Gasteiger partial charge in [-0.05, 0) is 24.6 Å². The van der Waals surface area contributed by atoms with E-state index < -0.39 is 17.8 Å². The highest BCUT2D eigenvalue weighted by Crippen LogP contribution is 2.43. The Kier molecular flexibility index (Phi) is 5.36. The first kappa shape index (κ1) is 20.8. The van der Waals surface area contributed by atoms with Gasteiger partial charge >= 0.3 is 6.29 Å². The second-order valence-electron chi connectivity index (χ2n) is 6.67. The number of aromatic nitrogens is 2. The molecule has 2 heterocycles. The average molecular weight is 448 g/mol. The van der Waals surface area contributed by atoms with Gasteiger partial charge in [0, 0.05) is 18.3 Å². The van der Waals surface area contributed by atoms with Crippen molar-refractivity contribution in [3.05, 3.63) is 69.6 Å². The summed E-state index contributed by atoms with van der Waals surface area (Å²) in [6.07, 6.45) is -3.96. The number of likely N-dealkylation sites (N-methyl/N-ethyl adjacent to an activating group) is 1. The molecule has 0 saturated carbocycles. The molecule has 0 atom stereocenters. The molecule has 7 nitrogen and oxygen atoms in total. The fourth-order valence-electron chi connectivity index (χ4n) is 3.29. The molecule has 1 aliphatic heterocycles. The van der Waals surface area contributed by atoms with E-state index in [4.69, 9.17) is 11.6 Å². The quantitative estimate of drug-likeness (QED) is 0.639. The predicted octanol–water partition coefficient (Wildman–Crippen LogP) is 4.01. The molecule has 1 aliphatic rings. The Hall–Kier alpha value is -3.46. The minimum absolute atomic E-state index is 0.0738. The Balaban J connectivity index is 1.62. The van der Waals surface area contributed by atoms with Crippen LogP contribution in [0.2, 0.25) is 5.02 Å². The summed E-state index contributed by atoms with van der Waals surface area (Å²) in [6, 6.07) is 12.9. The summed E-state index contributed by atoms with van der Waals surface area (Å²) in [6.45, 7) is 1.98. The van der Waals surface area contributed by atoms with E-state index >= 15 is 0 Å². The SMILES string of the molecule is CCN(C(=O)Cc1n[nH]c(=O)c(-c2ccccc2)c1Cl)c1ccc2c(c1)OC(F)(F)O2. The molecule has 0 spiro atoms. The summed E-state index contributed by atoms with van der Waals surface area (Å²) in [4.78, 5) is 26.6. The molecule has 1 amide bonds. The molecule has 0 saturated heterocycles. The minimum Gasteiger partial charge on any atom is -0.395 e. The number of halogens is 3. The van der Waals surface area contributed by atoms with E-state index in [1.807, 2.05) is 0 Å². The molecule has 10 heteroatoms. The summed E-state index contributed by atoms with van der Waals surface area (Å²) in [7, 11) is 0. The van der Waals surface area contributed by atoms with Crippen LogP contribution in [0.1, 0.15) is 12.6 Å². The number of H-pyrrole nitrogens is 1. The van der Waals surface area contributed by atoms with Crippen molar-refractivity contribution in [2.24, 2.45) is 0 Å². The van der Waals surface area contributed by atoms with Crippen molar-refractivity contribution in [2.75, 3.05) is 11.4 Å². The summed E-state index contributed by atoms with van der Waals surface area (Å²) in [5.74, 6) is -0.677. The summed E-state index contributed by atoms with van der Waals surface area (Å²) in [5, 5.41) is 6.38. The number of hydrogen-bond donors (Lipinski definition) is 1. The molecular formula is C21H16ClF2N3O4. The van der Waals surface area contributed by atoms with Crippen LogP contribution in [0.5, 0.6) is 11.5 Å². The van der Waals surface area contributed by atoms with Crippen molar-refractivity contribution in [3.63, 3.8) is 0 Å². The lowest BCUT2D eigenvalue weighted by Crippen LogP contribution is -2.32. The van der Waals surface area contributed by atoms with E-state index in [9.17, 15) is 18.4 Å². The third kappa shape index (κ3) is 4.09. The standard InChI is InChI=1S/C21H16ClF2N3O4/c1-2-27(13-8-9-15-16(10-13)31-21(23,24)30-15)17(28)11-14-19(22)18(20(29)26-25-14)12-6-4-3-5-7-12/h3-10H,2,11H2,1H3,(H,26,29). The summed E-state index contributed by atoms with van der Waals surface area (Å²) in [5.41, 5.74) is 0.867. The minimum atomic E-state index is -3.75. The fraction of sp³-hybridized carbons (Fsp3) is 0.190. The molecule has 2 aromatic carbocycles. The van der Waals surface area contributed by atoms with Crippen LogP contribution in [0.15, 0.2) is 53.3 Å². The second-order valence-corrected chi connectivity index (χ2v) is 7.05. The Morgan fingerprint density at radius 1 is 1.16 bits per heavy atom. The maximum Gasteiger partial charge on any atom is 0.586 e. The van der Waals surface area contributed by atoms with E-state index in [1.165, 1.54) is 23.1 Å². The first-order valence-electron chi connectivity index (χ1n) is 9.32. The first-order chi connectivity index (χ1) is 14.8. The average Bonchev–Trinajstić information content (AvgIpc) is 3.05. The van der Waals surface area contributed by atoms with Crippen LogP contribution >= 0.6 is 11.6 Å². The van der Waals surface area contributed by atoms with Gasteiger partial charge < -0.3 is 14.4 Å². The summed E-state index contributed by atoms with van der Waals surface area (Å²) >= 11 is 6.42. The molecule has 1 aromatic heterocycles. The molecule has 4 rings (SSSR count). The van der Waals surface area contributed by atoms with Gasteiger partial charge in [0.2, 0.25) is 5.91 Å². The number of anilines is 1. The lowest BCUT2D eigenvalue weighted by atomic mass is 10.1. The van der Waals surface area contributed by atoms with Gasteiger partial charge in [-0.25, -0.2) is 5.10 Å². The molecule has 0 unspecified atom stereocenters. The highest BCUT2D eigenvalue weighted by Gasteiger charge is 2.43. The maximum absolute atomic E-state index is 13.3. The fourth-order valence-corrected chi connectivity index (χ4v) is 3.60. The number of benzene rings is 2. The molecular weight excluding hydrogens is 432 g/mol. The summed E-state index contributed by atoms with van der Waals surface area (Å²) < 4.78 is 35.4. The van der Waals surface area contributed by atoms with Crippen LogP contribution < -0.4 is 19.9 Å². The van der Waals surface area contributed by atoms with Crippen molar-refractivity contribution in [1.82, 2.24) is 10.2 Å². The van der Waals surface area contributed by atoms with Crippen molar-refractivity contribution in [3.8, 4) is 22.6 Å². The lowest BCUT2D eigenvalue weighted by Gasteiger charge is -2.21. The lowest BCUT2D eigenvalue weighted by molar-refractivity contribution is -0.286. The molecule has 0 radical (unpaired) electrons. The predicted molar refractivity (Wildman–Crippen MR) is 110 cm³/mol. The van der Waals surface area contributed by atoms with Crippen LogP contribution in [-0.4, -0.2) is 28.9 Å². The number of alkyl halides is 2. The van der Waals surface area contributed by atoms with Crippen molar-refractivity contribution >= 4 is 23.2 Å². The number of rotatable bonds is 5. The van der Waals surface area contributed by atoms with Gasteiger partial charge in [0.15, 0.2) is 11.5 Å². The Morgan fingerprint density at radius 3 is 2.58 bits per heavy atom. The Morgan fingerprint density at radius 2 is 1.87 bits per heavy atom. The largest absolute Gasteiger partial charge is 0.586 e. The third-order valence-corrected chi connectivity index (χ3v) is 5.09. The van der Waals surface area contributed by atoms with E-state index in [-0.39, 0.29) is 40.7 Å². The number of nitrogens with zero attached hydrogens (tertiary/aromatic N) is 2. The van der Waals surface area contributed by atoms with Crippen molar-refractivity contribution < 1.29 is 23.0 Å². The van der Waals surface area contributed by atoms with Gasteiger partial charge in [-0.1, -0.05) is 41.9 Å². The van der Waals surface area contributed by atoms with Crippen molar-refractivity contribution in [1.29, 1.82) is 0 Å². The maximum atomic E-state index is 13.3. The van der Waals surface area contributed by atoms with Gasteiger partial charge in [0.05, 0.1) is 22.7 Å². The molecule has 0 fully saturated rings. The van der Waals surface area contributed by atoms with E-state index in [0.29, 0.717) is 11.3 Å². The van der Waals surface area contributed by atoms with Gasteiger partial charge in [-0.3, -0.25) is 9.59 Å². The zero-order valence-corrected chi connectivity index (χ0v) is 17.0. The number of carbonyl (C=O) groups is 1. The van der Waals surface area contributed by atoms with Gasteiger partial charge in [0.25, 0.3) is 5.56 Å². The monoisotopic (exact) mass is 447 g/mol. The number of nitrogens with one attached hydrogen (secondary N) is 1. The highest BCUT2D eigenvalue weighted by molar-refractivity contribution is 6.34. The van der Waals surface area contributed by atoms with E-state index in [2.05, 4.69) is 19.7 Å². The highest BCUT2D eigenvalue weighted by atomic mass is 35.5. The zero-order valence-electron chi connectivity index (χ0n) is 16.2. The Bertz CT molecular complexity index is 1200. The van der Waals surface area contributed by atoms with Crippen LogP contribution in [0, 0.1) is 0 Å². The van der Waals surface area contributed by atoms with E-state index in [1.54, 1.807) is 37.3 Å². The third-order valence-electron chi connectivity index (χ3n) is 4.69. The molecule has 160 valence electrons. The van der Waals surface area contributed by atoms with Crippen LogP contribution in [0.25, 0.3) is 11.1 Å². The van der Waals surface area contributed by atoms with Gasteiger partial charge in [-0.2, -0.15) is 5.10 Å². The topological polar surface area (TPSA) is 84.5 Å². The zero-order chi connectivity index (χ0) is 22.2. The molecule has 1 N–H and O–H groups in total. The number of hydrogen-bond acceptors (Lipinski definition) is 5. The second kappa shape index (κ2) is 7.99. The van der Waals surface area contributed by atoms with Crippen LogP contribution in [0.4, 0.5) is 14.5 Å². The molecule has 31 heavy (non-hydrogen) atoms. The number of carbonyl (C=O) groups excluding carboxylic acids is 1. The van der Waals surface area contributed by atoms with Gasteiger partial charge in [0.1, 0.15) is 0 Å². The normalized spacial score (nSPS) is 13.8. The molecule has 0 bridgehead atoms. The van der Waals surface area contributed by atoms with E-state index in [0.717, 1.165) is 0 Å². The van der Waals surface area contributed by atoms with Gasteiger partial charge in [-0.15, -0.1) is 8.78 Å². The number of ether oxygens (including phenoxy) is 2. The van der Waals surface area contributed by atoms with Crippen LogP contribution in [0.3, 0.4) is 0 Å².